The van der Waals surface area contributed by atoms with Crippen LogP contribution in [-0.4, -0.2) is 38.3 Å². The first-order valence-corrected chi connectivity index (χ1v) is 11.7. The van der Waals surface area contributed by atoms with E-state index in [9.17, 15) is 20.0 Å². The molecule has 0 aliphatic rings. The van der Waals surface area contributed by atoms with E-state index in [0.717, 1.165) is 17.8 Å². The van der Waals surface area contributed by atoms with Gasteiger partial charge in [0.1, 0.15) is 27.2 Å². The maximum absolute atomic E-state index is 11.9. The van der Waals surface area contributed by atoms with E-state index in [-0.39, 0.29) is 37.3 Å². The average molecular weight is 568 g/mol. The van der Waals surface area contributed by atoms with Gasteiger partial charge in [-0.15, -0.1) is 5.10 Å². The van der Waals surface area contributed by atoms with Crippen LogP contribution in [-0.2, 0) is 4.79 Å². The predicted molar refractivity (Wildman–Crippen MR) is 136 cm³/mol. The number of aliphatic carboxylic acids is 1. The number of H-pyrrole nitrogens is 1. The molecule has 10 nitrogen and oxygen atoms in total. The standard InChI is InChI=1S/C22H13Cl3N4O6S/c1-34-17-4-2-10(23)6-13(17)20-26-22(28-27-20)36-19(21(30)31)7-11-3-5-18(35-11)12-8-15(25)16(29(32)33)9-14(12)24/h2-9H,1H3,(H,30,31)(H,26,27,28)/b19-7-. The van der Waals surface area contributed by atoms with Gasteiger partial charge >= 0.3 is 5.97 Å². The summed E-state index contributed by atoms with van der Waals surface area (Å²) in [6, 6.07) is 10.5. The van der Waals surface area contributed by atoms with Gasteiger partial charge in [0.2, 0.25) is 5.16 Å². The van der Waals surface area contributed by atoms with Crippen molar-refractivity contribution >= 4 is 64.3 Å². The Morgan fingerprint density at radius 3 is 2.64 bits per heavy atom. The van der Waals surface area contributed by atoms with Crippen molar-refractivity contribution in [2.45, 2.75) is 5.16 Å². The second-order valence-corrected chi connectivity index (χ2v) is 9.23. The normalized spacial score (nSPS) is 11.5. The van der Waals surface area contributed by atoms with E-state index >= 15 is 0 Å². The number of halogens is 3. The lowest BCUT2D eigenvalue weighted by molar-refractivity contribution is -0.384. The first-order valence-electron chi connectivity index (χ1n) is 9.79. The minimum Gasteiger partial charge on any atom is -0.496 e. The summed E-state index contributed by atoms with van der Waals surface area (Å²) in [6.07, 6.45) is 1.29. The number of methoxy groups -OCH3 is 1. The minimum absolute atomic E-state index is 0.0495. The lowest BCUT2D eigenvalue weighted by atomic mass is 10.1. The molecule has 4 rings (SSSR count). The predicted octanol–water partition coefficient (Wildman–Crippen LogP) is 6.83. The largest absolute Gasteiger partial charge is 0.496 e. The lowest BCUT2D eigenvalue weighted by Crippen LogP contribution is -1.97. The van der Waals surface area contributed by atoms with E-state index in [1.165, 1.54) is 31.4 Å². The van der Waals surface area contributed by atoms with Crippen molar-refractivity contribution in [3.05, 3.63) is 78.3 Å². The van der Waals surface area contributed by atoms with Gasteiger partial charge in [0.15, 0.2) is 5.82 Å². The molecule has 0 spiro atoms. The maximum atomic E-state index is 11.9. The summed E-state index contributed by atoms with van der Waals surface area (Å²) in [7, 11) is 1.50. The third kappa shape index (κ3) is 5.49. The van der Waals surface area contributed by atoms with Crippen molar-refractivity contribution in [2.75, 3.05) is 7.11 Å². The van der Waals surface area contributed by atoms with Crippen LogP contribution >= 0.6 is 46.6 Å². The zero-order valence-electron chi connectivity index (χ0n) is 18.0. The molecule has 0 saturated heterocycles. The fourth-order valence-electron chi connectivity index (χ4n) is 3.08. The van der Waals surface area contributed by atoms with Crippen LogP contribution in [0.5, 0.6) is 5.75 Å². The first kappa shape index (κ1) is 25.6. The zero-order chi connectivity index (χ0) is 26.0. The van der Waals surface area contributed by atoms with Gasteiger partial charge in [-0.1, -0.05) is 34.8 Å². The number of nitro groups is 1. The van der Waals surface area contributed by atoms with Gasteiger partial charge in [0, 0.05) is 22.7 Å². The molecular weight excluding hydrogens is 555 g/mol. The monoisotopic (exact) mass is 566 g/mol. The molecule has 0 amide bonds. The first-order chi connectivity index (χ1) is 17.2. The Kier molecular flexibility index (Phi) is 7.55. The third-order valence-electron chi connectivity index (χ3n) is 4.69. The van der Waals surface area contributed by atoms with E-state index in [4.69, 9.17) is 44.0 Å². The molecule has 2 heterocycles. The molecule has 0 radical (unpaired) electrons. The summed E-state index contributed by atoms with van der Waals surface area (Å²) >= 11 is 19.0. The molecule has 0 unspecified atom stereocenters. The van der Waals surface area contributed by atoms with Crippen molar-refractivity contribution in [1.82, 2.24) is 15.2 Å². The number of hydrogen-bond donors (Lipinski definition) is 2. The fourth-order valence-corrected chi connectivity index (χ4v) is 4.42. The van der Waals surface area contributed by atoms with E-state index in [1.807, 2.05) is 0 Å². The smallest absolute Gasteiger partial charge is 0.342 e. The molecule has 0 bridgehead atoms. The second-order valence-electron chi connectivity index (χ2n) is 6.97. The number of carboxylic acid groups (broad SMARTS) is 1. The molecule has 184 valence electrons. The third-order valence-corrected chi connectivity index (χ3v) is 6.42. The lowest BCUT2D eigenvalue weighted by Gasteiger charge is -2.05. The van der Waals surface area contributed by atoms with Crippen LogP contribution < -0.4 is 4.74 Å². The summed E-state index contributed by atoms with van der Waals surface area (Å²) in [4.78, 5) is 26.5. The van der Waals surface area contributed by atoms with Crippen molar-refractivity contribution in [1.29, 1.82) is 0 Å². The van der Waals surface area contributed by atoms with Crippen molar-refractivity contribution in [3.63, 3.8) is 0 Å². The number of nitrogens with one attached hydrogen (secondary N) is 1. The maximum Gasteiger partial charge on any atom is 0.342 e. The molecule has 2 aromatic heterocycles. The quantitative estimate of drug-likeness (QED) is 0.101. The van der Waals surface area contributed by atoms with Crippen LogP contribution in [0.2, 0.25) is 15.1 Å². The number of aromatic nitrogens is 3. The van der Waals surface area contributed by atoms with Gasteiger partial charge in [0.05, 0.1) is 22.6 Å². The Morgan fingerprint density at radius 2 is 1.94 bits per heavy atom. The number of thioether (sulfide) groups is 1. The highest BCUT2D eigenvalue weighted by molar-refractivity contribution is 8.04. The number of furan rings is 1. The highest BCUT2D eigenvalue weighted by Gasteiger charge is 2.20. The summed E-state index contributed by atoms with van der Waals surface area (Å²) in [5.74, 6) is 0.0422. The number of aromatic amines is 1. The highest BCUT2D eigenvalue weighted by Crippen LogP contribution is 2.38. The fraction of sp³-hybridized carbons (Fsp3) is 0.0455. The summed E-state index contributed by atoms with van der Waals surface area (Å²) in [5.41, 5.74) is 0.521. The molecule has 0 aliphatic heterocycles. The van der Waals surface area contributed by atoms with E-state index in [0.29, 0.717) is 27.7 Å². The van der Waals surface area contributed by atoms with Gasteiger partial charge < -0.3 is 14.3 Å². The van der Waals surface area contributed by atoms with Crippen LogP contribution in [0.15, 0.2) is 56.9 Å². The molecule has 0 fully saturated rings. The minimum atomic E-state index is -1.24. The van der Waals surface area contributed by atoms with Crippen LogP contribution in [0.25, 0.3) is 28.8 Å². The van der Waals surface area contributed by atoms with Crippen LogP contribution in [0.4, 0.5) is 5.69 Å². The van der Waals surface area contributed by atoms with Gasteiger partial charge in [-0.2, -0.15) is 0 Å². The molecule has 0 atom stereocenters. The Morgan fingerprint density at radius 1 is 1.17 bits per heavy atom. The second kappa shape index (κ2) is 10.6. The van der Waals surface area contributed by atoms with E-state index < -0.39 is 10.9 Å². The van der Waals surface area contributed by atoms with Crippen LogP contribution in [0, 0.1) is 10.1 Å². The summed E-state index contributed by atoms with van der Waals surface area (Å²) in [6.45, 7) is 0. The number of carbonyl (C=O) groups is 1. The Labute approximate surface area is 222 Å². The zero-order valence-corrected chi connectivity index (χ0v) is 21.1. The number of benzene rings is 2. The van der Waals surface area contributed by atoms with Gasteiger partial charge in [-0.25, -0.2) is 9.78 Å². The van der Waals surface area contributed by atoms with Crippen LogP contribution in [0.3, 0.4) is 0 Å². The molecule has 14 heteroatoms. The number of hydrogen-bond acceptors (Lipinski definition) is 8. The van der Waals surface area contributed by atoms with Gasteiger partial charge in [0.25, 0.3) is 5.69 Å². The van der Waals surface area contributed by atoms with Crippen molar-refractivity contribution in [3.8, 4) is 28.5 Å². The number of rotatable bonds is 8. The van der Waals surface area contributed by atoms with Crippen molar-refractivity contribution in [2.24, 2.45) is 0 Å². The summed E-state index contributed by atoms with van der Waals surface area (Å²) < 4.78 is 11.0. The molecule has 4 aromatic rings. The number of nitro benzene ring substituents is 1. The number of nitrogens with zero attached hydrogens (tertiary/aromatic N) is 3. The molecule has 2 aromatic carbocycles. The number of carboxylic acids is 1. The SMILES string of the molecule is COc1ccc(Cl)cc1-c1nc(S/C(=C\c2ccc(-c3cc(Cl)c([N+](=O)[O-])cc3Cl)o2)C(=O)O)n[nH]1. The molecule has 0 saturated carbocycles. The topological polar surface area (TPSA) is 144 Å². The molecule has 2 N–H and O–H groups in total. The molecule has 0 aliphatic carbocycles. The van der Waals surface area contributed by atoms with E-state index in [1.54, 1.807) is 18.2 Å². The van der Waals surface area contributed by atoms with E-state index in [2.05, 4.69) is 15.2 Å². The Hall–Kier alpha value is -3.51. The summed E-state index contributed by atoms with van der Waals surface area (Å²) in [5, 5.41) is 28.1. The highest BCUT2D eigenvalue weighted by atomic mass is 35.5. The Balaban J connectivity index is 1.61. The Bertz CT molecular complexity index is 1520. The van der Waals surface area contributed by atoms with Crippen LogP contribution in [0.1, 0.15) is 5.76 Å². The van der Waals surface area contributed by atoms with Gasteiger partial charge in [-0.05, 0) is 48.2 Å². The average Bonchev–Trinajstić information content (AvgIpc) is 3.49. The molecular formula is C22H13Cl3N4O6S. The van der Waals surface area contributed by atoms with Crippen molar-refractivity contribution < 1.29 is 24.0 Å². The van der Waals surface area contributed by atoms with Gasteiger partial charge in [-0.3, -0.25) is 15.2 Å². The molecule has 36 heavy (non-hydrogen) atoms. The number of ether oxygens (including phenoxy) is 1.